The van der Waals surface area contributed by atoms with E-state index in [0.29, 0.717) is 0 Å². The molecule has 2 heterocycles. The van der Waals surface area contributed by atoms with Gasteiger partial charge in [-0.15, -0.1) is 18.1 Å². The van der Waals surface area contributed by atoms with Gasteiger partial charge in [-0.25, -0.2) is 13.4 Å². The Morgan fingerprint density at radius 2 is 1.97 bits per heavy atom. The summed E-state index contributed by atoms with van der Waals surface area (Å²) in [5.41, 5.74) is 0.483. The van der Waals surface area contributed by atoms with Crippen molar-refractivity contribution < 1.29 is 31.1 Å². The number of pyridine rings is 1. The van der Waals surface area contributed by atoms with Crippen LogP contribution in [0.25, 0.3) is 5.65 Å². The second kappa shape index (κ2) is 8.97. The second-order valence-electron chi connectivity index (χ2n) is 6.33. The van der Waals surface area contributed by atoms with Crippen molar-refractivity contribution in [1.29, 1.82) is 0 Å². The van der Waals surface area contributed by atoms with E-state index in [9.17, 15) is 31.3 Å². The largest absolute Gasteiger partial charge is 0.573 e. The maximum atomic E-state index is 12.4. The Hall–Kier alpha value is -3.43. The van der Waals surface area contributed by atoms with Crippen LogP contribution in [-0.4, -0.2) is 35.8 Å². The lowest BCUT2D eigenvalue weighted by Gasteiger charge is -2.08. The third-order valence-electron chi connectivity index (χ3n) is 3.85. The summed E-state index contributed by atoms with van der Waals surface area (Å²) in [6, 6.07) is 7.90. The van der Waals surface area contributed by atoms with E-state index in [-0.39, 0.29) is 27.6 Å². The minimum absolute atomic E-state index is 0.0406. The molecule has 0 spiro atoms. The van der Waals surface area contributed by atoms with Crippen molar-refractivity contribution in [1.82, 2.24) is 9.38 Å². The van der Waals surface area contributed by atoms with Crippen molar-refractivity contribution in [2.45, 2.75) is 12.1 Å². The Morgan fingerprint density at radius 1 is 1.22 bits per heavy atom. The molecule has 166 valence electrons. The zero-order valence-corrected chi connectivity index (χ0v) is 17.3. The third kappa shape index (κ3) is 6.05. The smallest absolute Gasteiger partial charge is 0.406 e. The van der Waals surface area contributed by atoms with E-state index in [4.69, 9.17) is 11.6 Å². The molecule has 0 aliphatic heterocycles. The Bertz CT molecular complexity index is 1370. The molecule has 0 saturated carbocycles. The van der Waals surface area contributed by atoms with E-state index >= 15 is 0 Å². The summed E-state index contributed by atoms with van der Waals surface area (Å²) in [6.45, 7) is 0. The number of sulfone groups is 1. The highest BCUT2D eigenvalue weighted by Crippen LogP contribution is 2.23. The number of carbonyl (C=O) groups is 1. The van der Waals surface area contributed by atoms with Crippen LogP contribution in [0, 0.1) is 16.7 Å². The summed E-state index contributed by atoms with van der Waals surface area (Å²) < 4.78 is 67.0. The van der Waals surface area contributed by atoms with Gasteiger partial charge in [-0.1, -0.05) is 23.6 Å². The number of aromatic nitrogens is 2. The van der Waals surface area contributed by atoms with E-state index < -0.39 is 39.4 Å². The van der Waals surface area contributed by atoms with Crippen LogP contribution in [-0.2, 0) is 20.4 Å². The summed E-state index contributed by atoms with van der Waals surface area (Å²) in [4.78, 5) is 25.6. The van der Waals surface area contributed by atoms with Crippen molar-refractivity contribution >= 4 is 33.0 Å². The lowest BCUT2D eigenvalue weighted by atomic mass is 10.2. The maximum absolute atomic E-state index is 12.4. The van der Waals surface area contributed by atoms with Gasteiger partial charge >= 0.3 is 12.3 Å². The minimum atomic E-state index is -4.88. The molecule has 0 aliphatic carbocycles. The number of fused-ring (bicyclic) bond motifs is 1. The van der Waals surface area contributed by atoms with Gasteiger partial charge in [0.15, 0.2) is 9.84 Å². The van der Waals surface area contributed by atoms with Crippen LogP contribution in [0.5, 0.6) is 5.75 Å². The zero-order chi connectivity index (χ0) is 23.5. The molecule has 0 saturated heterocycles. The highest BCUT2D eigenvalue weighted by atomic mass is 35.5. The van der Waals surface area contributed by atoms with Crippen molar-refractivity contribution in [2.24, 2.45) is 5.18 Å². The van der Waals surface area contributed by atoms with E-state index in [0.717, 1.165) is 12.1 Å². The number of alkyl halides is 3. The quantitative estimate of drug-likeness (QED) is 0.404. The normalized spacial score (nSPS) is 11.6. The zero-order valence-electron chi connectivity index (χ0n) is 15.8. The number of imidazole rings is 1. The number of carbonyl (C=O) groups excluding carboxylic acids is 1. The van der Waals surface area contributed by atoms with Crippen LogP contribution in [0.15, 0.2) is 47.8 Å². The van der Waals surface area contributed by atoms with Gasteiger partial charge in [0.1, 0.15) is 22.8 Å². The number of nitroso groups, excluding NO2 is 1. The number of hydrogen-bond acceptors (Lipinski definition) is 6. The molecule has 0 atom stereocenters. The van der Waals surface area contributed by atoms with Crippen LogP contribution >= 0.6 is 11.6 Å². The third-order valence-corrected chi connectivity index (χ3v) is 5.47. The molecular formula is C19H11ClF3N3O5S. The first kappa shape index (κ1) is 23.2. The molecule has 8 nitrogen and oxygen atoms in total. The monoisotopic (exact) mass is 485 g/mol. The predicted octanol–water partition coefficient (Wildman–Crippen LogP) is 3.49. The summed E-state index contributed by atoms with van der Waals surface area (Å²) in [5, 5.41) is 2.36. The molecule has 1 aromatic carbocycles. The van der Waals surface area contributed by atoms with E-state index in [2.05, 4.69) is 26.7 Å². The summed E-state index contributed by atoms with van der Waals surface area (Å²) in [5.74, 6) is 1.65. The average Bonchev–Trinajstić information content (AvgIpc) is 3.00. The van der Waals surface area contributed by atoms with Gasteiger partial charge in [0.25, 0.3) is 0 Å². The number of hydrogen-bond donors (Lipinski definition) is 0. The molecule has 1 amide bonds. The van der Waals surface area contributed by atoms with Gasteiger partial charge in [-0.2, -0.15) is 0 Å². The van der Waals surface area contributed by atoms with E-state index in [1.807, 2.05) is 0 Å². The molecule has 0 aliphatic rings. The number of rotatable bonds is 5. The summed E-state index contributed by atoms with van der Waals surface area (Å²) in [7, 11) is -4.10. The Morgan fingerprint density at radius 3 is 2.66 bits per heavy atom. The van der Waals surface area contributed by atoms with E-state index in [1.165, 1.54) is 34.9 Å². The SMILES string of the molecule is O=NC(=O)CS(=O)(=O)Cc1nc2ccc(Cl)cn2c1C#Cc1cccc(OC(F)(F)F)c1. The van der Waals surface area contributed by atoms with Crippen LogP contribution in [0.4, 0.5) is 13.2 Å². The molecule has 3 aromatic rings. The fourth-order valence-electron chi connectivity index (χ4n) is 2.68. The Balaban J connectivity index is 2.04. The fraction of sp³-hybridized carbons (Fsp3) is 0.158. The first-order valence-corrected chi connectivity index (χ1v) is 10.8. The molecule has 0 N–H and O–H groups in total. The predicted molar refractivity (Wildman–Crippen MR) is 108 cm³/mol. The molecule has 2 aromatic heterocycles. The Kier molecular flexibility index (Phi) is 6.52. The van der Waals surface area contributed by atoms with Crippen LogP contribution in [0.1, 0.15) is 17.0 Å². The van der Waals surface area contributed by atoms with Gasteiger partial charge in [0.2, 0.25) is 0 Å². The molecule has 32 heavy (non-hydrogen) atoms. The molecule has 3 rings (SSSR count). The van der Waals surface area contributed by atoms with Crippen LogP contribution in [0.3, 0.4) is 0 Å². The second-order valence-corrected chi connectivity index (χ2v) is 8.83. The molecular weight excluding hydrogens is 475 g/mol. The van der Waals surface area contributed by atoms with Gasteiger partial charge in [0, 0.05) is 16.9 Å². The van der Waals surface area contributed by atoms with Crippen molar-refractivity contribution in [3.63, 3.8) is 0 Å². The molecule has 0 bridgehead atoms. The van der Waals surface area contributed by atoms with Crippen LogP contribution < -0.4 is 4.74 Å². The van der Waals surface area contributed by atoms with Gasteiger partial charge in [-0.05, 0) is 36.3 Å². The summed E-state index contributed by atoms with van der Waals surface area (Å²) in [6.07, 6.45) is -3.45. The van der Waals surface area contributed by atoms with Crippen LogP contribution in [0.2, 0.25) is 5.02 Å². The lowest BCUT2D eigenvalue weighted by molar-refractivity contribution is -0.274. The molecule has 0 radical (unpaired) electrons. The fourth-order valence-corrected chi connectivity index (χ4v) is 3.99. The number of benzene rings is 1. The average molecular weight is 486 g/mol. The van der Waals surface area contributed by atoms with Gasteiger partial charge in [0.05, 0.1) is 16.5 Å². The van der Waals surface area contributed by atoms with Crippen molar-refractivity contribution in [2.75, 3.05) is 5.75 Å². The summed E-state index contributed by atoms with van der Waals surface area (Å²) >= 11 is 5.99. The van der Waals surface area contributed by atoms with Crippen molar-refractivity contribution in [3.8, 4) is 17.6 Å². The minimum Gasteiger partial charge on any atom is -0.406 e. The lowest BCUT2D eigenvalue weighted by Crippen LogP contribution is -2.17. The maximum Gasteiger partial charge on any atom is 0.573 e. The number of ether oxygens (including phenoxy) is 1. The number of nitrogens with zero attached hydrogens (tertiary/aromatic N) is 3. The highest BCUT2D eigenvalue weighted by molar-refractivity contribution is 7.91. The molecule has 0 unspecified atom stereocenters. The first-order valence-electron chi connectivity index (χ1n) is 8.57. The highest BCUT2D eigenvalue weighted by Gasteiger charge is 2.31. The first-order chi connectivity index (χ1) is 15.0. The topological polar surface area (TPSA) is 107 Å². The Labute approximate surface area is 183 Å². The standard InChI is InChI=1S/C19H11ClF3N3O5S/c20-13-5-7-17-24-15(10-32(29,30)11-18(27)25-28)16(26(17)9-13)6-4-12-2-1-3-14(8-12)31-19(21,22)23/h1-3,5,7-9H,10-11H2. The molecule has 13 heteroatoms. The number of amides is 1. The number of halogens is 4. The van der Waals surface area contributed by atoms with Gasteiger partial charge in [-0.3, -0.25) is 9.20 Å². The van der Waals surface area contributed by atoms with Crippen molar-refractivity contribution in [3.05, 3.63) is 69.5 Å². The molecule has 0 fully saturated rings. The van der Waals surface area contributed by atoms with Gasteiger partial charge < -0.3 is 4.74 Å². The van der Waals surface area contributed by atoms with E-state index in [1.54, 1.807) is 0 Å².